The molecule has 3 aliphatic rings. The lowest BCUT2D eigenvalue weighted by Gasteiger charge is -2.26. The predicted octanol–water partition coefficient (Wildman–Crippen LogP) is 8.44. The largest absolute Gasteiger partial charge is 0.748 e. The Kier molecular flexibility index (Phi) is 16.7. The van der Waals surface area contributed by atoms with Crippen molar-refractivity contribution in [1.82, 2.24) is 10.6 Å². The first-order chi connectivity index (χ1) is 33.4. The minimum Gasteiger partial charge on any atom is -0.748 e. The third-order valence-electron chi connectivity index (χ3n) is 13.6. The first kappa shape index (κ1) is 52.0. The van der Waals surface area contributed by atoms with Crippen LogP contribution in [0.3, 0.4) is 0 Å². The van der Waals surface area contributed by atoms with Gasteiger partial charge in [0.2, 0.25) is 11.6 Å². The fourth-order valence-corrected chi connectivity index (χ4v) is 11.1. The van der Waals surface area contributed by atoms with Gasteiger partial charge >= 0.3 is 12.1 Å². The van der Waals surface area contributed by atoms with E-state index in [1.165, 1.54) is 0 Å². The molecule has 2 aliphatic heterocycles. The van der Waals surface area contributed by atoms with Gasteiger partial charge in [0.1, 0.15) is 19.2 Å². The number of allylic oxidation sites excluding steroid dienone is 4. The van der Waals surface area contributed by atoms with Crippen molar-refractivity contribution in [3.63, 3.8) is 0 Å². The number of alkyl carbamates (subject to hydrolysis) is 1. The molecule has 1 aliphatic carbocycles. The van der Waals surface area contributed by atoms with Gasteiger partial charge in [0.05, 0.1) is 33.3 Å². The summed E-state index contributed by atoms with van der Waals surface area (Å²) in [6, 6.07) is 26.1. The summed E-state index contributed by atoms with van der Waals surface area (Å²) in [7, 11) is -4.44. The van der Waals surface area contributed by atoms with Crippen molar-refractivity contribution in [2.24, 2.45) is 0 Å². The van der Waals surface area contributed by atoms with Gasteiger partial charge in [0.15, 0.2) is 5.71 Å². The quantitative estimate of drug-likeness (QED) is 0.0159. The molecule has 4 aromatic rings. The van der Waals surface area contributed by atoms with Gasteiger partial charge in [0, 0.05) is 71.2 Å². The van der Waals surface area contributed by atoms with Gasteiger partial charge in [-0.1, -0.05) is 80.6 Å². The fourth-order valence-electron chi connectivity index (χ4n) is 10.1. The molecule has 0 aromatic heterocycles. The maximum absolute atomic E-state index is 12.8. The van der Waals surface area contributed by atoms with E-state index in [0.717, 1.165) is 81.0 Å². The maximum atomic E-state index is 12.8. The van der Waals surface area contributed by atoms with E-state index in [0.29, 0.717) is 55.8 Å². The lowest BCUT2D eigenvalue weighted by atomic mass is 9.81. The number of nitrogens with zero attached hydrogens (tertiary/aromatic N) is 2. The minimum absolute atomic E-state index is 0.0819. The number of hydrogen-bond acceptors (Lipinski definition) is 12. The first-order valence-electron chi connectivity index (χ1n) is 23.7. The zero-order valence-electron chi connectivity index (χ0n) is 40.2. The maximum Gasteiger partial charge on any atom is 0.407 e. The van der Waals surface area contributed by atoms with Gasteiger partial charge in [-0.05, 0) is 111 Å². The predicted molar refractivity (Wildman–Crippen MR) is 265 cm³/mol. The van der Waals surface area contributed by atoms with Crippen molar-refractivity contribution in [1.29, 1.82) is 0 Å². The summed E-state index contributed by atoms with van der Waals surface area (Å²) < 4.78 is 47.2. The van der Waals surface area contributed by atoms with E-state index in [4.69, 9.17) is 4.74 Å². The average molecular weight is 994 g/mol. The topological polar surface area (TPSA) is 210 Å². The Balaban J connectivity index is 0.902. The van der Waals surface area contributed by atoms with Crippen molar-refractivity contribution in [2.75, 3.05) is 31.1 Å². The van der Waals surface area contributed by atoms with Crippen LogP contribution in [0.15, 0.2) is 114 Å². The molecule has 0 spiro atoms. The summed E-state index contributed by atoms with van der Waals surface area (Å²) >= 11 is 0.839. The molecule has 0 saturated heterocycles. The Bertz CT molecular complexity index is 2760. The second-order valence-electron chi connectivity index (χ2n) is 18.9. The molecule has 0 fully saturated rings. The number of likely N-dealkylation sites (N-methyl/N-ethyl adjacent to an activating group) is 1. The average Bonchev–Trinajstić information content (AvgIpc) is 3.84. The van der Waals surface area contributed by atoms with E-state index < -0.39 is 44.8 Å². The molecule has 15 nitrogen and oxygen atoms in total. The molecule has 4 aromatic carbocycles. The highest BCUT2D eigenvalue weighted by Crippen LogP contribution is 2.49. The van der Waals surface area contributed by atoms with Gasteiger partial charge < -0.3 is 35.2 Å². The van der Waals surface area contributed by atoms with Crippen LogP contribution in [0.1, 0.15) is 113 Å². The van der Waals surface area contributed by atoms with Crippen LogP contribution in [0.4, 0.5) is 16.2 Å². The Morgan fingerprint density at radius 2 is 1.61 bits per heavy atom. The minimum atomic E-state index is -4.44. The summed E-state index contributed by atoms with van der Waals surface area (Å²) in [4.78, 5) is 40.5. The molecule has 1 unspecified atom stereocenters. The summed E-state index contributed by atoms with van der Waals surface area (Å²) in [5.41, 5.74) is 9.93. The zero-order chi connectivity index (χ0) is 50.2. The number of carboxylic acid groups (broad SMARTS) is 1. The normalized spacial score (nSPS) is 16.6. The fraction of sp³-hybridized carbons (Fsp3) is 0.396. The Morgan fingerprint density at radius 3 is 2.29 bits per heavy atom. The van der Waals surface area contributed by atoms with E-state index in [-0.39, 0.29) is 24.9 Å². The van der Waals surface area contributed by atoms with Crippen molar-refractivity contribution >= 4 is 57.2 Å². The van der Waals surface area contributed by atoms with Gasteiger partial charge in [0.25, 0.3) is 0 Å². The van der Waals surface area contributed by atoms with Crippen LogP contribution in [0.2, 0.25) is 0 Å². The number of carbonyl (C=O) groups excluding carboxylic acids is 2. The number of carbonyl (C=O) groups is 3. The number of fused-ring (bicyclic) bond motifs is 5. The monoisotopic (exact) mass is 993 g/mol. The summed E-state index contributed by atoms with van der Waals surface area (Å²) in [6.07, 6.45) is 9.26. The van der Waals surface area contributed by atoms with Gasteiger partial charge in [-0.3, -0.25) is 9.83 Å². The van der Waals surface area contributed by atoms with Crippen LogP contribution in [-0.4, -0.2) is 78.6 Å². The Hall–Kier alpha value is -5.82. The van der Waals surface area contributed by atoms with Gasteiger partial charge in [-0.15, -0.1) is 0 Å². The molecule has 2 amide bonds. The molecule has 372 valence electrons. The van der Waals surface area contributed by atoms with Gasteiger partial charge in [-0.2, -0.15) is 8.91 Å². The SMILES string of the molecule is CCN1/C(=C\C=C\C2=[N+](CCCCCC(=O)NCCCCC(NC(=O)OCC3c4ccccc4-c4ccccc43)C(=O)O)c3ccc(SOO[O-])cc3C2(C)C)C(C)(C)c2cc(CS(=O)(=O)[O-])ccc21. The number of rotatable bonds is 23. The summed E-state index contributed by atoms with van der Waals surface area (Å²) in [6.45, 7) is 12.4. The van der Waals surface area contributed by atoms with Crippen LogP contribution in [0, 0.1) is 0 Å². The number of unbranched alkanes of at least 4 members (excludes halogenated alkanes) is 3. The van der Waals surface area contributed by atoms with Crippen molar-refractivity contribution in [3.8, 4) is 11.1 Å². The highest BCUT2D eigenvalue weighted by molar-refractivity contribution is 7.94. The Labute approximate surface area is 414 Å². The van der Waals surface area contributed by atoms with Crippen LogP contribution >= 0.6 is 12.0 Å². The van der Waals surface area contributed by atoms with Crippen molar-refractivity contribution in [3.05, 3.63) is 137 Å². The number of carboxylic acids is 1. The molecule has 3 N–H and O–H groups in total. The number of anilines is 1. The highest BCUT2D eigenvalue weighted by Gasteiger charge is 2.45. The van der Waals surface area contributed by atoms with Crippen molar-refractivity contribution < 1.29 is 56.4 Å². The smallest absolute Gasteiger partial charge is 0.407 e. The van der Waals surface area contributed by atoms with E-state index in [2.05, 4.69) is 76.3 Å². The standard InChI is InChI=1S/C53H62N4O11S2/c1-6-56-45-27-25-35(34-70(63,64)65)31-42(45)52(2,3)47(56)22-16-23-48-53(4,5)43-32-36(69-68-67-62)26-28-46(43)57(48)30-15-7-8-24-49(58)54-29-14-13-21-44(50(59)60)55-51(61)66-33-41-39-19-11-9-17-37(39)38-18-10-12-20-40(38)41/h9-12,16-20,22-23,25-28,31-32,41,44H,6-8,13-15,21,24,29-30,33-34H2,1-5H3,(H4-,54,55,58,59,60,61,62,63,64,65)/p-1. The molecular weight excluding hydrogens is 933 g/mol. The number of ether oxygens (including phenoxy) is 1. The summed E-state index contributed by atoms with van der Waals surface area (Å²) in [5, 5.41) is 29.5. The number of amides is 2. The first-order valence-corrected chi connectivity index (χ1v) is 26.0. The molecule has 0 bridgehead atoms. The lowest BCUT2D eigenvalue weighted by molar-refractivity contribution is -0.777. The van der Waals surface area contributed by atoms with E-state index in [1.807, 2.05) is 84.9 Å². The molecule has 0 radical (unpaired) electrons. The third-order valence-corrected chi connectivity index (χ3v) is 14.9. The summed E-state index contributed by atoms with van der Waals surface area (Å²) in [5.74, 6) is -1.94. The van der Waals surface area contributed by atoms with Crippen molar-refractivity contribution in [2.45, 2.75) is 113 Å². The van der Waals surface area contributed by atoms with Crippen LogP contribution in [-0.2, 0) is 50.4 Å². The van der Waals surface area contributed by atoms with Crippen LogP contribution in [0.5, 0.6) is 0 Å². The molecule has 17 heteroatoms. The Morgan fingerprint density at radius 1 is 0.900 bits per heavy atom. The van der Waals surface area contributed by atoms with Crippen LogP contribution < -0.4 is 20.8 Å². The third kappa shape index (κ3) is 11.8. The highest BCUT2D eigenvalue weighted by atomic mass is 32.2. The molecule has 2 heterocycles. The van der Waals surface area contributed by atoms with Gasteiger partial charge in [-0.25, -0.2) is 18.0 Å². The van der Waals surface area contributed by atoms with E-state index in [1.54, 1.807) is 6.07 Å². The molecule has 0 saturated carbocycles. The molecule has 1 atom stereocenters. The molecule has 70 heavy (non-hydrogen) atoms. The second-order valence-corrected chi connectivity index (χ2v) is 21.1. The van der Waals surface area contributed by atoms with Crippen LogP contribution in [0.25, 0.3) is 11.1 Å². The molecule has 7 rings (SSSR count). The number of nitrogens with one attached hydrogen (secondary N) is 2. The zero-order valence-corrected chi connectivity index (χ0v) is 41.8. The van der Waals surface area contributed by atoms with E-state index >= 15 is 0 Å². The second kappa shape index (κ2) is 22.5. The number of hydrogen-bond donors (Lipinski definition) is 3. The lowest BCUT2D eigenvalue weighted by Crippen LogP contribution is -2.41. The van der Waals surface area contributed by atoms with E-state index in [9.17, 15) is 37.7 Å². The number of aliphatic carboxylic acids is 1. The molecular formula is C53H61N4O11S2-. The number of benzene rings is 4.